The summed E-state index contributed by atoms with van der Waals surface area (Å²) in [4.78, 5) is 16.5. The van der Waals surface area contributed by atoms with Crippen LogP contribution >= 0.6 is 24.8 Å². The minimum Gasteiger partial charge on any atom is -0.327 e. The molecule has 0 saturated heterocycles. The molecule has 24 heavy (non-hydrogen) atoms. The fourth-order valence-corrected chi connectivity index (χ4v) is 3.04. The van der Waals surface area contributed by atoms with Gasteiger partial charge in [0.2, 0.25) is 5.91 Å². The summed E-state index contributed by atoms with van der Waals surface area (Å²) in [6.07, 6.45) is 5.45. The van der Waals surface area contributed by atoms with Crippen LogP contribution in [0.2, 0.25) is 0 Å². The smallest absolute Gasteiger partial charge is 0.224 e. The third-order valence-corrected chi connectivity index (χ3v) is 4.28. The van der Waals surface area contributed by atoms with Crippen LogP contribution in [-0.4, -0.2) is 16.9 Å². The SMILES string of the molecule is Cl.Cl.N[C@@H]1CCC[C@H]1CC(=O)Nc1ccnc(-c2ccccc2)c1. The standard InChI is InChI=1S/C18H21N3O.2ClH/c19-16-8-4-7-14(16)11-18(22)21-15-9-10-20-17(12-15)13-5-2-1-3-6-13;;/h1-3,5-6,9-10,12,14,16H,4,7-8,11,19H2,(H,20,21,22);2*1H/t14-,16+;;/m0../s1. The Morgan fingerprint density at radius 3 is 2.58 bits per heavy atom. The lowest BCUT2D eigenvalue weighted by molar-refractivity contribution is -0.117. The van der Waals surface area contributed by atoms with E-state index in [1.807, 2.05) is 42.5 Å². The van der Waals surface area contributed by atoms with Gasteiger partial charge in [0.25, 0.3) is 0 Å². The number of nitrogens with one attached hydrogen (secondary N) is 1. The number of halogens is 2. The van der Waals surface area contributed by atoms with E-state index >= 15 is 0 Å². The highest BCUT2D eigenvalue weighted by molar-refractivity contribution is 5.91. The number of carbonyl (C=O) groups excluding carboxylic acids is 1. The third kappa shape index (κ3) is 5.20. The number of hydrogen-bond donors (Lipinski definition) is 2. The Balaban J connectivity index is 0.00000144. The first-order valence-electron chi connectivity index (χ1n) is 7.79. The van der Waals surface area contributed by atoms with Crippen molar-refractivity contribution in [3.8, 4) is 11.3 Å². The zero-order valence-corrected chi connectivity index (χ0v) is 15.0. The highest BCUT2D eigenvalue weighted by Crippen LogP contribution is 2.27. The van der Waals surface area contributed by atoms with Crippen LogP contribution in [0.5, 0.6) is 0 Å². The Morgan fingerprint density at radius 1 is 1.17 bits per heavy atom. The topological polar surface area (TPSA) is 68.0 Å². The molecule has 2 aromatic rings. The molecule has 3 N–H and O–H groups in total. The Morgan fingerprint density at radius 2 is 1.92 bits per heavy atom. The lowest BCUT2D eigenvalue weighted by atomic mass is 10.00. The molecule has 1 aliphatic carbocycles. The second-order valence-corrected chi connectivity index (χ2v) is 5.90. The van der Waals surface area contributed by atoms with Crippen molar-refractivity contribution in [2.45, 2.75) is 31.7 Å². The van der Waals surface area contributed by atoms with E-state index in [1.54, 1.807) is 6.20 Å². The second-order valence-electron chi connectivity index (χ2n) is 5.90. The summed E-state index contributed by atoms with van der Waals surface area (Å²) in [5.41, 5.74) is 8.71. The molecular formula is C18H23Cl2N3O. The molecule has 3 rings (SSSR count). The predicted molar refractivity (Wildman–Crippen MR) is 103 cm³/mol. The van der Waals surface area contributed by atoms with Crippen molar-refractivity contribution in [1.29, 1.82) is 0 Å². The molecule has 0 bridgehead atoms. The van der Waals surface area contributed by atoms with Crippen LogP contribution in [0.3, 0.4) is 0 Å². The van der Waals surface area contributed by atoms with Crippen molar-refractivity contribution in [3.63, 3.8) is 0 Å². The van der Waals surface area contributed by atoms with Gasteiger partial charge in [-0.1, -0.05) is 36.8 Å². The van der Waals surface area contributed by atoms with E-state index in [1.165, 1.54) is 0 Å². The van der Waals surface area contributed by atoms with Crippen molar-refractivity contribution in [2.24, 2.45) is 11.7 Å². The molecule has 2 atom stereocenters. The van der Waals surface area contributed by atoms with Gasteiger partial charge in [0, 0.05) is 29.9 Å². The lowest BCUT2D eigenvalue weighted by Gasteiger charge is -2.15. The number of amides is 1. The first kappa shape index (κ1) is 20.4. The van der Waals surface area contributed by atoms with Gasteiger partial charge in [0.05, 0.1) is 5.69 Å². The minimum atomic E-state index is 0. The van der Waals surface area contributed by atoms with Crippen molar-refractivity contribution in [2.75, 3.05) is 5.32 Å². The van der Waals surface area contributed by atoms with Crippen LogP contribution < -0.4 is 11.1 Å². The van der Waals surface area contributed by atoms with Crippen LogP contribution in [-0.2, 0) is 4.79 Å². The molecular weight excluding hydrogens is 345 g/mol. The first-order chi connectivity index (χ1) is 10.7. The average Bonchev–Trinajstić information content (AvgIpc) is 2.93. The predicted octanol–water partition coefficient (Wildman–Crippen LogP) is 4.05. The number of rotatable bonds is 4. The van der Waals surface area contributed by atoms with E-state index in [0.29, 0.717) is 12.3 Å². The third-order valence-electron chi connectivity index (χ3n) is 4.28. The van der Waals surface area contributed by atoms with Gasteiger partial charge >= 0.3 is 0 Å². The van der Waals surface area contributed by atoms with Crippen LogP contribution in [0.1, 0.15) is 25.7 Å². The lowest BCUT2D eigenvalue weighted by Crippen LogP contribution is -2.28. The molecule has 6 heteroatoms. The number of pyridine rings is 1. The summed E-state index contributed by atoms with van der Waals surface area (Å²) in [6, 6.07) is 13.8. The van der Waals surface area contributed by atoms with Crippen molar-refractivity contribution < 1.29 is 4.79 Å². The zero-order chi connectivity index (χ0) is 15.4. The molecule has 0 unspecified atom stereocenters. The minimum absolute atomic E-state index is 0. The van der Waals surface area contributed by atoms with Gasteiger partial charge in [-0.05, 0) is 30.9 Å². The number of anilines is 1. The highest BCUT2D eigenvalue weighted by atomic mass is 35.5. The van der Waals surface area contributed by atoms with Crippen molar-refractivity contribution in [3.05, 3.63) is 48.7 Å². The number of hydrogen-bond acceptors (Lipinski definition) is 3. The fourth-order valence-electron chi connectivity index (χ4n) is 3.04. The number of aromatic nitrogens is 1. The van der Waals surface area contributed by atoms with E-state index in [9.17, 15) is 4.79 Å². The number of carbonyl (C=O) groups is 1. The Labute approximate surface area is 155 Å². The Bertz CT molecular complexity index is 652. The van der Waals surface area contributed by atoms with Crippen molar-refractivity contribution >= 4 is 36.4 Å². The molecule has 130 valence electrons. The van der Waals surface area contributed by atoms with E-state index in [2.05, 4.69) is 10.3 Å². The Kier molecular flexibility index (Phi) is 8.19. The largest absolute Gasteiger partial charge is 0.327 e. The first-order valence-corrected chi connectivity index (χ1v) is 7.79. The molecule has 4 nitrogen and oxygen atoms in total. The summed E-state index contributed by atoms with van der Waals surface area (Å²) in [7, 11) is 0. The molecule has 1 amide bonds. The van der Waals surface area contributed by atoms with Gasteiger partial charge in [-0.2, -0.15) is 0 Å². The summed E-state index contributed by atoms with van der Waals surface area (Å²) in [6.45, 7) is 0. The van der Waals surface area contributed by atoms with Crippen LogP contribution in [0, 0.1) is 5.92 Å². The maximum atomic E-state index is 12.2. The van der Waals surface area contributed by atoms with Crippen LogP contribution in [0.15, 0.2) is 48.7 Å². The Hall–Kier alpha value is -1.62. The van der Waals surface area contributed by atoms with E-state index in [4.69, 9.17) is 5.73 Å². The molecule has 0 radical (unpaired) electrons. The summed E-state index contributed by atoms with van der Waals surface area (Å²) in [5, 5.41) is 2.97. The zero-order valence-electron chi connectivity index (χ0n) is 13.4. The molecule has 1 heterocycles. The average molecular weight is 368 g/mol. The summed E-state index contributed by atoms with van der Waals surface area (Å²) in [5.74, 6) is 0.350. The maximum Gasteiger partial charge on any atom is 0.224 e. The maximum absolute atomic E-state index is 12.2. The van der Waals surface area contributed by atoms with E-state index in [-0.39, 0.29) is 36.8 Å². The van der Waals surface area contributed by atoms with Gasteiger partial charge in [-0.15, -0.1) is 24.8 Å². The number of benzene rings is 1. The quantitative estimate of drug-likeness (QED) is 0.856. The van der Waals surface area contributed by atoms with Crippen LogP contribution in [0.4, 0.5) is 5.69 Å². The van der Waals surface area contributed by atoms with Gasteiger partial charge < -0.3 is 11.1 Å². The fraction of sp³-hybridized carbons (Fsp3) is 0.333. The normalized spacial score (nSPS) is 19.0. The van der Waals surface area contributed by atoms with Gasteiger partial charge in [0.15, 0.2) is 0 Å². The van der Waals surface area contributed by atoms with E-state index in [0.717, 1.165) is 36.2 Å². The molecule has 1 saturated carbocycles. The van der Waals surface area contributed by atoms with Crippen LogP contribution in [0.25, 0.3) is 11.3 Å². The molecule has 0 spiro atoms. The molecule has 0 aliphatic heterocycles. The van der Waals surface area contributed by atoms with Gasteiger partial charge in [-0.25, -0.2) is 0 Å². The number of nitrogens with two attached hydrogens (primary N) is 1. The number of nitrogens with zero attached hydrogens (tertiary/aromatic N) is 1. The summed E-state index contributed by atoms with van der Waals surface area (Å²) >= 11 is 0. The second kappa shape index (κ2) is 9.62. The van der Waals surface area contributed by atoms with Gasteiger partial charge in [-0.3, -0.25) is 9.78 Å². The van der Waals surface area contributed by atoms with E-state index < -0.39 is 0 Å². The molecule has 1 fully saturated rings. The molecule has 1 aromatic carbocycles. The van der Waals surface area contributed by atoms with Gasteiger partial charge in [0.1, 0.15) is 0 Å². The summed E-state index contributed by atoms with van der Waals surface area (Å²) < 4.78 is 0. The monoisotopic (exact) mass is 367 g/mol. The highest BCUT2D eigenvalue weighted by Gasteiger charge is 2.26. The molecule has 1 aromatic heterocycles. The molecule has 1 aliphatic rings. The van der Waals surface area contributed by atoms with Crippen molar-refractivity contribution in [1.82, 2.24) is 4.98 Å².